The Balaban J connectivity index is 2.45. The van der Waals surface area contributed by atoms with E-state index in [4.69, 9.17) is 10.5 Å². The topological polar surface area (TPSA) is 52.3 Å². The van der Waals surface area contributed by atoms with Gasteiger partial charge >= 0.3 is 5.97 Å². The highest BCUT2D eigenvalue weighted by molar-refractivity contribution is 5.82. The summed E-state index contributed by atoms with van der Waals surface area (Å²) in [6.07, 6.45) is 1.86. The molecule has 0 saturated heterocycles. The number of nitrogens with two attached hydrogens (primary N) is 1. The number of hydrogen-bond donors (Lipinski definition) is 1. The number of carbonyl (C=O) groups excluding carboxylic acids is 1. The summed E-state index contributed by atoms with van der Waals surface area (Å²) in [5.41, 5.74) is 6.99. The summed E-state index contributed by atoms with van der Waals surface area (Å²) in [6, 6.07) is 9.91. The highest BCUT2D eigenvalue weighted by Gasteiger charge is 2.07. The van der Waals surface area contributed by atoms with Crippen molar-refractivity contribution in [1.82, 2.24) is 0 Å². The van der Waals surface area contributed by atoms with Gasteiger partial charge in [0, 0.05) is 18.2 Å². The molecule has 3 nitrogen and oxygen atoms in total. The van der Waals surface area contributed by atoms with Crippen LogP contribution in [0.25, 0.3) is 0 Å². The maximum absolute atomic E-state index is 11.3. The van der Waals surface area contributed by atoms with E-state index in [1.54, 1.807) is 6.92 Å². The van der Waals surface area contributed by atoms with Crippen molar-refractivity contribution in [2.24, 2.45) is 5.73 Å². The van der Waals surface area contributed by atoms with Gasteiger partial charge < -0.3 is 10.5 Å². The third kappa shape index (κ3) is 4.64. The molecular weight excluding hydrogens is 202 g/mol. The van der Waals surface area contributed by atoms with E-state index in [-0.39, 0.29) is 12.1 Å². The van der Waals surface area contributed by atoms with Crippen LogP contribution in [0.2, 0.25) is 0 Å². The standard InChI is InChI=1S/C13H17NO2/c1-10(14)8-13(15)16-11(2)9-12-6-4-3-5-7-12/h3-8,11H,9,14H2,1-2H3. The number of allylic oxidation sites excluding steroid dienone is 1. The van der Waals surface area contributed by atoms with Crippen molar-refractivity contribution in [3.8, 4) is 0 Å². The lowest BCUT2D eigenvalue weighted by Gasteiger charge is -2.11. The first-order chi connectivity index (χ1) is 7.58. The van der Waals surface area contributed by atoms with Gasteiger partial charge in [-0.15, -0.1) is 0 Å². The summed E-state index contributed by atoms with van der Waals surface area (Å²) >= 11 is 0. The summed E-state index contributed by atoms with van der Waals surface area (Å²) in [5, 5.41) is 0. The summed E-state index contributed by atoms with van der Waals surface area (Å²) in [4.78, 5) is 11.3. The Morgan fingerprint density at radius 1 is 1.44 bits per heavy atom. The average molecular weight is 219 g/mol. The van der Waals surface area contributed by atoms with Gasteiger partial charge in [-0.2, -0.15) is 0 Å². The third-order valence-electron chi connectivity index (χ3n) is 2.03. The van der Waals surface area contributed by atoms with E-state index in [2.05, 4.69) is 0 Å². The van der Waals surface area contributed by atoms with E-state index in [9.17, 15) is 4.79 Å². The summed E-state index contributed by atoms with van der Waals surface area (Å²) in [5.74, 6) is -0.386. The Morgan fingerprint density at radius 2 is 2.06 bits per heavy atom. The van der Waals surface area contributed by atoms with E-state index in [0.717, 1.165) is 5.56 Å². The minimum absolute atomic E-state index is 0.148. The van der Waals surface area contributed by atoms with Crippen LogP contribution in [-0.2, 0) is 16.0 Å². The zero-order valence-corrected chi connectivity index (χ0v) is 9.64. The Hall–Kier alpha value is -1.77. The van der Waals surface area contributed by atoms with Gasteiger partial charge in [-0.25, -0.2) is 4.79 Å². The zero-order valence-electron chi connectivity index (χ0n) is 9.64. The Labute approximate surface area is 95.9 Å². The van der Waals surface area contributed by atoms with Crippen LogP contribution >= 0.6 is 0 Å². The molecule has 1 unspecified atom stereocenters. The first-order valence-electron chi connectivity index (χ1n) is 5.26. The normalized spacial score (nSPS) is 13.2. The van der Waals surface area contributed by atoms with Gasteiger partial charge in [-0.05, 0) is 19.4 Å². The van der Waals surface area contributed by atoms with Gasteiger partial charge in [0.05, 0.1) is 0 Å². The van der Waals surface area contributed by atoms with Crippen molar-refractivity contribution in [2.45, 2.75) is 26.4 Å². The summed E-state index contributed by atoms with van der Waals surface area (Å²) in [7, 11) is 0. The minimum atomic E-state index is -0.386. The predicted octanol–water partition coefficient (Wildman–Crippen LogP) is 2.02. The zero-order chi connectivity index (χ0) is 12.0. The highest BCUT2D eigenvalue weighted by atomic mass is 16.5. The molecule has 1 rings (SSSR count). The van der Waals surface area contributed by atoms with Gasteiger partial charge in [0.15, 0.2) is 0 Å². The van der Waals surface area contributed by atoms with Gasteiger partial charge in [0.1, 0.15) is 6.10 Å². The summed E-state index contributed by atoms with van der Waals surface area (Å²) < 4.78 is 5.17. The van der Waals surface area contributed by atoms with Crippen LogP contribution in [0.4, 0.5) is 0 Å². The lowest BCUT2D eigenvalue weighted by Crippen LogP contribution is -2.16. The number of benzene rings is 1. The van der Waals surface area contributed by atoms with Gasteiger partial charge in [-0.1, -0.05) is 30.3 Å². The molecule has 0 saturated carbocycles. The molecule has 0 radical (unpaired) electrons. The van der Waals surface area contributed by atoms with Crippen LogP contribution in [-0.4, -0.2) is 12.1 Å². The largest absolute Gasteiger partial charge is 0.459 e. The van der Waals surface area contributed by atoms with Gasteiger partial charge in [-0.3, -0.25) is 0 Å². The Morgan fingerprint density at radius 3 is 2.62 bits per heavy atom. The average Bonchev–Trinajstić information content (AvgIpc) is 2.17. The van der Waals surface area contributed by atoms with Crippen LogP contribution in [0.1, 0.15) is 19.4 Å². The molecule has 1 atom stereocenters. The highest BCUT2D eigenvalue weighted by Crippen LogP contribution is 2.06. The van der Waals surface area contributed by atoms with Crippen molar-refractivity contribution in [3.05, 3.63) is 47.7 Å². The fourth-order valence-corrected chi connectivity index (χ4v) is 1.41. The van der Waals surface area contributed by atoms with Crippen LogP contribution in [0.15, 0.2) is 42.1 Å². The summed E-state index contributed by atoms with van der Waals surface area (Å²) in [6.45, 7) is 3.52. The second-order valence-electron chi connectivity index (χ2n) is 3.83. The smallest absolute Gasteiger partial charge is 0.332 e. The molecule has 1 aromatic carbocycles. The molecule has 0 bridgehead atoms. The first kappa shape index (κ1) is 12.3. The fourth-order valence-electron chi connectivity index (χ4n) is 1.41. The van der Waals surface area contributed by atoms with E-state index < -0.39 is 0 Å². The monoisotopic (exact) mass is 219 g/mol. The molecule has 16 heavy (non-hydrogen) atoms. The second-order valence-corrected chi connectivity index (χ2v) is 3.83. The molecule has 0 heterocycles. The Kier molecular flexibility index (Phi) is 4.58. The van der Waals surface area contributed by atoms with Gasteiger partial charge in [0.25, 0.3) is 0 Å². The maximum Gasteiger partial charge on any atom is 0.332 e. The number of rotatable bonds is 4. The molecule has 86 valence electrons. The predicted molar refractivity (Wildman–Crippen MR) is 63.6 cm³/mol. The van der Waals surface area contributed by atoms with Crippen LogP contribution in [0, 0.1) is 0 Å². The molecule has 2 N–H and O–H groups in total. The van der Waals surface area contributed by atoms with Crippen molar-refractivity contribution in [3.63, 3.8) is 0 Å². The number of ether oxygens (including phenoxy) is 1. The van der Waals surface area contributed by atoms with E-state index in [0.29, 0.717) is 12.1 Å². The first-order valence-corrected chi connectivity index (χ1v) is 5.26. The van der Waals surface area contributed by atoms with Crippen molar-refractivity contribution < 1.29 is 9.53 Å². The molecule has 1 aromatic rings. The van der Waals surface area contributed by atoms with Crippen molar-refractivity contribution >= 4 is 5.97 Å². The number of carbonyl (C=O) groups is 1. The van der Waals surface area contributed by atoms with E-state index >= 15 is 0 Å². The van der Waals surface area contributed by atoms with E-state index in [1.807, 2.05) is 37.3 Å². The number of esters is 1. The third-order valence-corrected chi connectivity index (χ3v) is 2.03. The van der Waals surface area contributed by atoms with Crippen molar-refractivity contribution in [2.75, 3.05) is 0 Å². The molecule has 0 amide bonds. The molecular formula is C13H17NO2. The molecule has 3 heteroatoms. The molecule has 0 aromatic heterocycles. The minimum Gasteiger partial charge on any atom is -0.459 e. The van der Waals surface area contributed by atoms with Crippen molar-refractivity contribution in [1.29, 1.82) is 0 Å². The van der Waals surface area contributed by atoms with Crippen LogP contribution < -0.4 is 5.73 Å². The Bertz CT molecular complexity index is 367. The van der Waals surface area contributed by atoms with Crippen LogP contribution in [0.5, 0.6) is 0 Å². The van der Waals surface area contributed by atoms with Crippen LogP contribution in [0.3, 0.4) is 0 Å². The molecule has 0 spiro atoms. The molecule has 0 aliphatic carbocycles. The molecule has 0 aliphatic rings. The second kappa shape index (κ2) is 5.95. The quantitative estimate of drug-likeness (QED) is 0.622. The molecule has 0 aliphatic heterocycles. The lowest BCUT2D eigenvalue weighted by atomic mass is 10.1. The van der Waals surface area contributed by atoms with Gasteiger partial charge in [0.2, 0.25) is 0 Å². The SMILES string of the molecule is CC(N)=CC(=O)OC(C)Cc1ccccc1. The molecule has 0 fully saturated rings. The lowest BCUT2D eigenvalue weighted by molar-refractivity contribution is -0.142. The maximum atomic E-state index is 11.3. The van der Waals surface area contributed by atoms with E-state index in [1.165, 1.54) is 6.08 Å². The number of hydrogen-bond acceptors (Lipinski definition) is 3. The fraction of sp³-hybridized carbons (Fsp3) is 0.308.